The molecule has 2 fully saturated rings. The maximum Gasteiger partial charge on any atom is 0.154 e. The summed E-state index contributed by atoms with van der Waals surface area (Å²) < 4.78 is 29.0. The third kappa shape index (κ3) is 3.66. The lowest BCUT2D eigenvalue weighted by molar-refractivity contribution is -0.0251. The molecule has 2 unspecified atom stereocenters. The van der Waals surface area contributed by atoms with Gasteiger partial charge in [0.25, 0.3) is 0 Å². The Kier molecular flexibility index (Phi) is 5.00. The molecule has 2 heterocycles. The van der Waals surface area contributed by atoms with Gasteiger partial charge in [0.05, 0.1) is 23.7 Å². The van der Waals surface area contributed by atoms with Gasteiger partial charge in [0, 0.05) is 26.2 Å². The van der Waals surface area contributed by atoms with E-state index in [2.05, 4.69) is 17.1 Å². The SMILES string of the molecule is CCN1CCOC(CNCC2CCCS2(=O)=O)C1. The normalized spacial score (nSPS) is 32.7. The smallest absolute Gasteiger partial charge is 0.154 e. The van der Waals surface area contributed by atoms with E-state index < -0.39 is 9.84 Å². The Morgan fingerprint density at radius 1 is 1.39 bits per heavy atom. The first-order valence-electron chi connectivity index (χ1n) is 6.88. The first kappa shape index (κ1) is 14.2. The Labute approximate surface area is 110 Å². The van der Waals surface area contributed by atoms with Gasteiger partial charge in [-0.1, -0.05) is 6.92 Å². The molecule has 0 spiro atoms. The number of morpholine rings is 1. The summed E-state index contributed by atoms with van der Waals surface area (Å²) in [6.45, 7) is 7.27. The zero-order valence-electron chi connectivity index (χ0n) is 11.1. The fourth-order valence-corrected chi connectivity index (χ4v) is 4.48. The topological polar surface area (TPSA) is 58.6 Å². The van der Waals surface area contributed by atoms with E-state index in [9.17, 15) is 8.42 Å². The third-order valence-corrected chi connectivity index (χ3v) is 6.15. The van der Waals surface area contributed by atoms with Gasteiger partial charge in [-0.25, -0.2) is 8.42 Å². The van der Waals surface area contributed by atoms with Crippen LogP contribution in [0.4, 0.5) is 0 Å². The lowest BCUT2D eigenvalue weighted by Gasteiger charge is -2.32. The molecule has 2 saturated heterocycles. The lowest BCUT2D eigenvalue weighted by Crippen LogP contribution is -2.47. The van der Waals surface area contributed by atoms with Gasteiger partial charge in [0.15, 0.2) is 9.84 Å². The molecular formula is C12H24N2O3S. The number of nitrogens with zero attached hydrogens (tertiary/aromatic N) is 1. The minimum Gasteiger partial charge on any atom is -0.374 e. The summed E-state index contributed by atoms with van der Waals surface area (Å²) in [6, 6.07) is 0. The molecular weight excluding hydrogens is 252 g/mol. The number of hydrogen-bond donors (Lipinski definition) is 1. The average molecular weight is 276 g/mol. The van der Waals surface area contributed by atoms with Gasteiger partial charge in [-0.15, -0.1) is 0 Å². The zero-order chi connectivity index (χ0) is 13.0. The molecule has 2 rings (SSSR count). The van der Waals surface area contributed by atoms with Gasteiger partial charge >= 0.3 is 0 Å². The van der Waals surface area contributed by atoms with Gasteiger partial charge in [0.2, 0.25) is 0 Å². The lowest BCUT2D eigenvalue weighted by atomic mass is 10.2. The maximum absolute atomic E-state index is 11.7. The number of ether oxygens (including phenoxy) is 1. The van der Waals surface area contributed by atoms with Crippen LogP contribution in [-0.4, -0.2) is 69.8 Å². The van der Waals surface area contributed by atoms with Crippen LogP contribution in [0.15, 0.2) is 0 Å². The zero-order valence-corrected chi connectivity index (χ0v) is 11.9. The van der Waals surface area contributed by atoms with Crippen LogP contribution in [0.2, 0.25) is 0 Å². The Morgan fingerprint density at radius 3 is 2.89 bits per heavy atom. The van der Waals surface area contributed by atoms with Crippen LogP contribution in [0.5, 0.6) is 0 Å². The van der Waals surface area contributed by atoms with Crippen molar-refractivity contribution in [2.75, 3.05) is 45.1 Å². The Hall–Kier alpha value is -0.170. The maximum atomic E-state index is 11.7. The minimum atomic E-state index is -2.82. The number of rotatable bonds is 5. The summed E-state index contributed by atoms with van der Waals surface area (Å²) in [7, 11) is -2.82. The van der Waals surface area contributed by atoms with Gasteiger partial charge in [-0.05, 0) is 19.4 Å². The van der Waals surface area contributed by atoms with E-state index in [1.54, 1.807) is 0 Å². The minimum absolute atomic E-state index is 0.177. The molecule has 1 N–H and O–H groups in total. The van der Waals surface area contributed by atoms with Gasteiger partial charge in [-0.3, -0.25) is 4.90 Å². The predicted molar refractivity (Wildman–Crippen MR) is 71.5 cm³/mol. The summed E-state index contributed by atoms with van der Waals surface area (Å²) in [5.74, 6) is 0.364. The second-order valence-corrected chi connectivity index (χ2v) is 7.58. The monoisotopic (exact) mass is 276 g/mol. The van der Waals surface area contributed by atoms with Crippen molar-refractivity contribution in [3.05, 3.63) is 0 Å². The highest BCUT2D eigenvalue weighted by atomic mass is 32.2. The van der Waals surface area contributed by atoms with Crippen LogP contribution in [0, 0.1) is 0 Å². The van der Waals surface area contributed by atoms with Gasteiger partial charge in [0.1, 0.15) is 0 Å². The molecule has 0 saturated carbocycles. The van der Waals surface area contributed by atoms with Crippen LogP contribution >= 0.6 is 0 Å². The van der Waals surface area contributed by atoms with E-state index in [-0.39, 0.29) is 11.4 Å². The molecule has 0 aromatic rings. The molecule has 2 aliphatic heterocycles. The fourth-order valence-electron chi connectivity index (χ4n) is 2.68. The van der Waals surface area contributed by atoms with Crippen molar-refractivity contribution in [1.82, 2.24) is 10.2 Å². The van der Waals surface area contributed by atoms with E-state index in [1.165, 1.54) is 0 Å². The highest BCUT2D eigenvalue weighted by Crippen LogP contribution is 2.19. The van der Waals surface area contributed by atoms with E-state index in [0.29, 0.717) is 12.3 Å². The fraction of sp³-hybridized carbons (Fsp3) is 1.00. The van der Waals surface area contributed by atoms with E-state index >= 15 is 0 Å². The van der Waals surface area contributed by atoms with Crippen molar-refractivity contribution in [3.63, 3.8) is 0 Å². The average Bonchev–Trinajstić information content (AvgIpc) is 2.69. The van der Waals surface area contributed by atoms with E-state index in [4.69, 9.17) is 4.74 Å². The first-order chi connectivity index (χ1) is 8.62. The molecule has 0 radical (unpaired) electrons. The Balaban J connectivity index is 1.69. The molecule has 18 heavy (non-hydrogen) atoms. The van der Waals surface area contributed by atoms with Crippen molar-refractivity contribution >= 4 is 9.84 Å². The third-order valence-electron chi connectivity index (χ3n) is 3.88. The van der Waals surface area contributed by atoms with E-state index in [0.717, 1.165) is 45.6 Å². The molecule has 0 bridgehead atoms. The number of sulfone groups is 1. The van der Waals surface area contributed by atoms with Crippen LogP contribution in [0.25, 0.3) is 0 Å². The Morgan fingerprint density at radius 2 is 2.22 bits per heavy atom. The molecule has 5 nitrogen and oxygen atoms in total. The van der Waals surface area contributed by atoms with Crippen LogP contribution < -0.4 is 5.32 Å². The second-order valence-electron chi connectivity index (χ2n) is 5.18. The van der Waals surface area contributed by atoms with Crippen molar-refractivity contribution in [2.24, 2.45) is 0 Å². The standard InChI is InChI=1S/C12H24N2O3S/c1-2-14-5-6-17-11(10-14)8-13-9-12-4-3-7-18(12,15)16/h11-13H,2-10H2,1H3. The van der Waals surface area contributed by atoms with Crippen LogP contribution in [0.1, 0.15) is 19.8 Å². The Bertz CT molecular complexity index is 358. The first-order valence-corrected chi connectivity index (χ1v) is 8.59. The largest absolute Gasteiger partial charge is 0.374 e. The molecule has 2 atom stereocenters. The van der Waals surface area contributed by atoms with Crippen LogP contribution in [-0.2, 0) is 14.6 Å². The summed E-state index contributed by atoms with van der Waals surface area (Å²) in [5, 5.41) is 3.09. The molecule has 0 amide bonds. The van der Waals surface area contributed by atoms with Crippen molar-refractivity contribution in [3.8, 4) is 0 Å². The highest BCUT2D eigenvalue weighted by molar-refractivity contribution is 7.92. The predicted octanol–water partition coefficient (Wildman–Crippen LogP) is -0.126. The van der Waals surface area contributed by atoms with Gasteiger partial charge < -0.3 is 10.1 Å². The number of nitrogens with one attached hydrogen (secondary N) is 1. The summed E-state index contributed by atoms with van der Waals surface area (Å²) in [4.78, 5) is 2.36. The molecule has 0 aromatic heterocycles. The molecule has 6 heteroatoms. The second kappa shape index (κ2) is 6.32. The quantitative estimate of drug-likeness (QED) is 0.758. The molecule has 0 aliphatic carbocycles. The highest BCUT2D eigenvalue weighted by Gasteiger charge is 2.31. The summed E-state index contributed by atoms with van der Waals surface area (Å²) in [5.41, 5.74) is 0. The number of likely N-dealkylation sites (N-methyl/N-ethyl adjacent to an activating group) is 1. The van der Waals surface area contributed by atoms with Crippen molar-refractivity contribution in [2.45, 2.75) is 31.1 Å². The molecule has 0 aromatic carbocycles. The van der Waals surface area contributed by atoms with E-state index in [1.807, 2.05) is 0 Å². The van der Waals surface area contributed by atoms with Crippen molar-refractivity contribution < 1.29 is 13.2 Å². The summed E-state index contributed by atoms with van der Waals surface area (Å²) in [6.07, 6.45) is 1.82. The van der Waals surface area contributed by atoms with Gasteiger partial charge in [-0.2, -0.15) is 0 Å². The van der Waals surface area contributed by atoms with Crippen molar-refractivity contribution in [1.29, 1.82) is 0 Å². The molecule has 106 valence electrons. The summed E-state index contributed by atoms with van der Waals surface area (Å²) >= 11 is 0. The molecule has 2 aliphatic rings. The van der Waals surface area contributed by atoms with Crippen LogP contribution in [0.3, 0.4) is 0 Å². The number of hydrogen-bond acceptors (Lipinski definition) is 5.